The highest BCUT2D eigenvalue weighted by Gasteiger charge is 2.26. The van der Waals surface area contributed by atoms with Crippen LogP contribution in [0.15, 0.2) is 22.7 Å². The lowest BCUT2D eigenvalue weighted by atomic mass is 10.1. The first-order valence-corrected chi connectivity index (χ1v) is 6.14. The Morgan fingerprint density at radius 1 is 1.44 bits per heavy atom. The summed E-state index contributed by atoms with van der Waals surface area (Å²) in [6, 6.07) is 5.20. The first kappa shape index (κ1) is 11.4. The van der Waals surface area contributed by atoms with Gasteiger partial charge in [0.2, 0.25) is 0 Å². The number of aromatic nitrogens is 1. The Morgan fingerprint density at radius 3 is 3.06 bits per heavy atom. The summed E-state index contributed by atoms with van der Waals surface area (Å²) in [6.07, 6.45) is 0.709. The van der Waals surface area contributed by atoms with Crippen LogP contribution in [0.1, 0.15) is 30.7 Å². The first-order chi connectivity index (χ1) is 8.65. The van der Waals surface area contributed by atoms with Gasteiger partial charge >= 0.3 is 0 Å². The Kier molecular flexibility index (Phi) is 2.67. The molecule has 0 amide bonds. The SMILES string of the molecule is CC(C)NCc1noc2c1Cc1cc(F)ccc1-2. The van der Waals surface area contributed by atoms with Gasteiger partial charge in [0.05, 0.1) is 0 Å². The van der Waals surface area contributed by atoms with Crippen molar-refractivity contribution in [2.75, 3.05) is 0 Å². The fourth-order valence-electron chi connectivity index (χ4n) is 2.30. The lowest BCUT2D eigenvalue weighted by Crippen LogP contribution is -2.22. The lowest BCUT2D eigenvalue weighted by molar-refractivity contribution is 0.417. The number of rotatable bonds is 3. The third kappa shape index (κ3) is 1.82. The van der Waals surface area contributed by atoms with Gasteiger partial charge in [-0.05, 0) is 23.8 Å². The molecule has 0 radical (unpaired) electrons. The van der Waals surface area contributed by atoms with Crippen molar-refractivity contribution in [2.24, 2.45) is 0 Å². The molecule has 0 atom stereocenters. The molecule has 18 heavy (non-hydrogen) atoms. The van der Waals surface area contributed by atoms with Gasteiger partial charge in [-0.2, -0.15) is 0 Å². The largest absolute Gasteiger partial charge is 0.356 e. The van der Waals surface area contributed by atoms with E-state index in [9.17, 15) is 4.39 Å². The molecule has 3 rings (SSSR count). The van der Waals surface area contributed by atoms with E-state index in [-0.39, 0.29) is 5.82 Å². The molecule has 0 aliphatic heterocycles. The van der Waals surface area contributed by atoms with Crippen LogP contribution in [0.3, 0.4) is 0 Å². The summed E-state index contributed by atoms with van der Waals surface area (Å²) < 4.78 is 18.6. The average Bonchev–Trinajstić information content (AvgIpc) is 2.84. The number of halogens is 1. The molecule has 1 aromatic heterocycles. The van der Waals surface area contributed by atoms with Crippen molar-refractivity contribution in [1.29, 1.82) is 0 Å². The Labute approximate surface area is 105 Å². The molecular weight excluding hydrogens is 231 g/mol. The highest BCUT2D eigenvalue weighted by atomic mass is 19.1. The van der Waals surface area contributed by atoms with Gasteiger partial charge in [-0.1, -0.05) is 19.0 Å². The van der Waals surface area contributed by atoms with Crippen molar-refractivity contribution in [3.63, 3.8) is 0 Å². The maximum Gasteiger partial charge on any atom is 0.170 e. The molecule has 1 aliphatic rings. The highest BCUT2D eigenvalue weighted by molar-refractivity contribution is 5.72. The van der Waals surface area contributed by atoms with E-state index in [4.69, 9.17) is 4.52 Å². The molecule has 4 heteroatoms. The molecule has 0 saturated heterocycles. The summed E-state index contributed by atoms with van der Waals surface area (Å²) in [5.74, 6) is 0.597. The van der Waals surface area contributed by atoms with Crippen molar-refractivity contribution in [3.8, 4) is 11.3 Å². The van der Waals surface area contributed by atoms with Gasteiger partial charge in [-0.25, -0.2) is 4.39 Å². The molecular formula is C14H15FN2O. The lowest BCUT2D eigenvalue weighted by Gasteiger charge is -2.05. The summed E-state index contributed by atoms with van der Waals surface area (Å²) in [5.41, 5.74) is 3.96. The molecule has 0 unspecified atom stereocenters. The van der Waals surface area contributed by atoms with Crippen LogP contribution < -0.4 is 5.32 Å². The molecule has 0 spiro atoms. The molecule has 1 N–H and O–H groups in total. The quantitative estimate of drug-likeness (QED) is 0.772. The van der Waals surface area contributed by atoms with Gasteiger partial charge in [-0.3, -0.25) is 0 Å². The normalized spacial score (nSPS) is 12.9. The van der Waals surface area contributed by atoms with E-state index in [1.807, 2.05) is 0 Å². The minimum atomic E-state index is -0.200. The highest BCUT2D eigenvalue weighted by Crippen LogP contribution is 2.38. The summed E-state index contributed by atoms with van der Waals surface area (Å²) >= 11 is 0. The van der Waals surface area contributed by atoms with Crippen molar-refractivity contribution < 1.29 is 8.91 Å². The summed E-state index contributed by atoms with van der Waals surface area (Å²) in [6.45, 7) is 4.86. The zero-order valence-corrected chi connectivity index (χ0v) is 10.5. The minimum absolute atomic E-state index is 0.200. The molecule has 0 fully saturated rings. The number of benzene rings is 1. The van der Waals surface area contributed by atoms with E-state index in [0.29, 0.717) is 19.0 Å². The van der Waals surface area contributed by atoms with E-state index < -0.39 is 0 Å². The molecule has 0 saturated carbocycles. The third-order valence-corrected chi connectivity index (χ3v) is 3.23. The van der Waals surface area contributed by atoms with Crippen LogP contribution in [0.25, 0.3) is 11.3 Å². The zero-order valence-electron chi connectivity index (χ0n) is 10.5. The number of hydrogen-bond acceptors (Lipinski definition) is 3. The van der Waals surface area contributed by atoms with Crippen LogP contribution in [0.5, 0.6) is 0 Å². The van der Waals surface area contributed by atoms with E-state index in [1.165, 1.54) is 6.07 Å². The molecule has 3 nitrogen and oxygen atoms in total. The van der Waals surface area contributed by atoms with E-state index in [2.05, 4.69) is 24.3 Å². The summed E-state index contributed by atoms with van der Waals surface area (Å²) in [7, 11) is 0. The van der Waals surface area contributed by atoms with E-state index in [1.54, 1.807) is 12.1 Å². The molecule has 1 aliphatic carbocycles. The topological polar surface area (TPSA) is 38.1 Å². The van der Waals surface area contributed by atoms with Crippen molar-refractivity contribution in [3.05, 3.63) is 40.8 Å². The molecule has 1 aromatic carbocycles. The third-order valence-electron chi connectivity index (χ3n) is 3.23. The number of nitrogens with zero attached hydrogens (tertiary/aromatic N) is 1. The second kappa shape index (κ2) is 4.21. The van der Waals surface area contributed by atoms with E-state index >= 15 is 0 Å². The van der Waals surface area contributed by atoms with Gasteiger partial charge in [0.1, 0.15) is 11.5 Å². The van der Waals surface area contributed by atoms with Gasteiger partial charge in [0, 0.05) is 30.1 Å². The van der Waals surface area contributed by atoms with Gasteiger partial charge in [0.15, 0.2) is 5.76 Å². The minimum Gasteiger partial charge on any atom is -0.356 e. The standard InChI is InChI=1S/C14H15FN2O/c1-8(2)16-7-13-12-6-9-5-10(15)3-4-11(9)14(12)18-17-13/h3-5,8,16H,6-7H2,1-2H3. The predicted molar refractivity (Wildman–Crippen MR) is 66.7 cm³/mol. The van der Waals surface area contributed by atoms with Crippen LogP contribution in [0.2, 0.25) is 0 Å². The number of fused-ring (bicyclic) bond motifs is 3. The second-order valence-electron chi connectivity index (χ2n) is 4.95. The van der Waals surface area contributed by atoms with Crippen LogP contribution in [-0.4, -0.2) is 11.2 Å². The van der Waals surface area contributed by atoms with Crippen molar-refractivity contribution in [1.82, 2.24) is 10.5 Å². The predicted octanol–water partition coefficient (Wildman–Crippen LogP) is 2.88. The zero-order chi connectivity index (χ0) is 12.7. The molecule has 2 aromatic rings. The average molecular weight is 246 g/mol. The molecule has 0 bridgehead atoms. The van der Waals surface area contributed by atoms with Gasteiger partial charge in [-0.15, -0.1) is 0 Å². The summed E-state index contributed by atoms with van der Waals surface area (Å²) in [5, 5.41) is 7.42. The van der Waals surface area contributed by atoms with Crippen LogP contribution >= 0.6 is 0 Å². The van der Waals surface area contributed by atoms with Crippen molar-refractivity contribution in [2.45, 2.75) is 32.9 Å². The molecule has 1 heterocycles. The van der Waals surface area contributed by atoms with E-state index in [0.717, 1.165) is 28.1 Å². The Hall–Kier alpha value is -1.68. The van der Waals surface area contributed by atoms with Crippen LogP contribution in [0, 0.1) is 5.82 Å². The Bertz CT molecular complexity index is 589. The number of nitrogens with one attached hydrogen (secondary N) is 1. The van der Waals surface area contributed by atoms with Crippen LogP contribution in [0.4, 0.5) is 4.39 Å². The summed E-state index contributed by atoms with van der Waals surface area (Å²) in [4.78, 5) is 0. The van der Waals surface area contributed by atoms with Crippen molar-refractivity contribution >= 4 is 0 Å². The first-order valence-electron chi connectivity index (χ1n) is 6.14. The Morgan fingerprint density at radius 2 is 2.28 bits per heavy atom. The molecule has 94 valence electrons. The fraction of sp³-hybridized carbons (Fsp3) is 0.357. The Balaban J connectivity index is 1.92. The van der Waals surface area contributed by atoms with Crippen LogP contribution in [-0.2, 0) is 13.0 Å². The maximum absolute atomic E-state index is 13.2. The maximum atomic E-state index is 13.2. The monoisotopic (exact) mass is 246 g/mol. The van der Waals surface area contributed by atoms with Gasteiger partial charge in [0.25, 0.3) is 0 Å². The second-order valence-corrected chi connectivity index (χ2v) is 4.95. The smallest absolute Gasteiger partial charge is 0.170 e. The number of hydrogen-bond donors (Lipinski definition) is 1. The fourth-order valence-corrected chi connectivity index (χ4v) is 2.30. The van der Waals surface area contributed by atoms with Gasteiger partial charge < -0.3 is 9.84 Å².